The largest absolute Gasteiger partial charge is 0.454 e. The van der Waals surface area contributed by atoms with E-state index in [9.17, 15) is 4.79 Å². The first kappa shape index (κ1) is 16.1. The van der Waals surface area contributed by atoms with Crippen molar-refractivity contribution in [3.05, 3.63) is 60.2 Å². The van der Waals surface area contributed by atoms with Gasteiger partial charge in [-0.15, -0.1) is 0 Å². The number of amides is 1. The van der Waals surface area contributed by atoms with Crippen LogP contribution in [0.5, 0.6) is 11.5 Å². The predicted octanol–water partition coefficient (Wildman–Crippen LogP) is 3.28. The van der Waals surface area contributed by atoms with Gasteiger partial charge in [0.1, 0.15) is 0 Å². The highest BCUT2D eigenvalue weighted by Gasteiger charge is 2.18. The summed E-state index contributed by atoms with van der Waals surface area (Å²) in [4.78, 5) is 14.6. The number of nitrogens with one attached hydrogen (secondary N) is 1. The molecule has 1 fully saturated rings. The number of fused-ring (bicyclic) bond motifs is 2. The van der Waals surface area contributed by atoms with Gasteiger partial charge in [-0.1, -0.05) is 24.3 Å². The van der Waals surface area contributed by atoms with Crippen molar-refractivity contribution in [2.24, 2.45) is 0 Å². The summed E-state index contributed by atoms with van der Waals surface area (Å²) in [5.41, 5.74) is 2.95. The molecule has 0 unspecified atom stereocenters. The molecule has 1 N–H and O–H groups in total. The first-order chi connectivity index (χ1) is 13.3. The van der Waals surface area contributed by atoms with Crippen molar-refractivity contribution in [1.82, 2.24) is 10.2 Å². The van der Waals surface area contributed by atoms with Gasteiger partial charge in [0.25, 0.3) is 5.91 Å². The third-order valence-electron chi connectivity index (χ3n) is 5.20. The zero-order valence-electron chi connectivity index (χ0n) is 14.9. The molecular weight excluding hydrogens is 340 g/mol. The smallest absolute Gasteiger partial charge is 0.253 e. The van der Waals surface area contributed by atoms with Crippen molar-refractivity contribution in [3.63, 3.8) is 0 Å². The maximum absolute atomic E-state index is 12.7. The summed E-state index contributed by atoms with van der Waals surface area (Å²) < 4.78 is 10.9. The number of rotatable bonds is 2. The summed E-state index contributed by atoms with van der Waals surface area (Å²) in [7, 11) is 0. The fourth-order valence-electron chi connectivity index (χ4n) is 3.68. The molecule has 5 rings (SSSR count). The van der Waals surface area contributed by atoms with Crippen molar-refractivity contribution >= 4 is 16.7 Å². The molecule has 136 valence electrons. The lowest BCUT2D eigenvalue weighted by molar-refractivity contribution is 0.0736. The minimum Gasteiger partial charge on any atom is -0.454 e. The Labute approximate surface area is 157 Å². The van der Waals surface area contributed by atoms with Gasteiger partial charge in [0.15, 0.2) is 11.5 Å². The molecule has 1 amide bonds. The summed E-state index contributed by atoms with van der Waals surface area (Å²) in [5, 5.41) is 5.46. The van der Waals surface area contributed by atoms with Crippen molar-refractivity contribution in [1.29, 1.82) is 0 Å². The van der Waals surface area contributed by atoms with Gasteiger partial charge in [-0.2, -0.15) is 0 Å². The van der Waals surface area contributed by atoms with E-state index in [1.807, 2.05) is 41.3 Å². The van der Waals surface area contributed by atoms with E-state index >= 15 is 0 Å². The molecule has 0 aliphatic carbocycles. The molecule has 0 atom stereocenters. The molecule has 0 radical (unpaired) electrons. The molecule has 0 bridgehead atoms. The van der Waals surface area contributed by atoms with Crippen LogP contribution in [0.4, 0.5) is 0 Å². The molecule has 2 aliphatic rings. The maximum atomic E-state index is 12.7. The molecule has 5 nitrogen and oxygen atoms in total. The summed E-state index contributed by atoms with van der Waals surface area (Å²) in [6.07, 6.45) is 0. The second kappa shape index (κ2) is 6.59. The second-order valence-electron chi connectivity index (χ2n) is 6.89. The van der Waals surface area contributed by atoms with E-state index in [2.05, 4.69) is 23.5 Å². The molecule has 1 saturated heterocycles. The minimum atomic E-state index is 0.109. The molecule has 0 spiro atoms. The van der Waals surface area contributed by atoms with Gasteiger partial charge in [-0.3, -0.25) is 4.79 Å². The second-order valence-corrected chi connectivity index (χ2v) is 6.89. The van der Waals surface area contributed by atoms with Gasteiger partial charge in [-0.25, -0.2) is 0 Å². The first-order valence-corrected chi connectivity index (χ1v) is 9.22. The summed E-state index contributed by atoms with van der Waals surface area (Å²) >= 11 is 0. The van der Waals surface area contributed by atoms with E-state index in [0.29, 0.717) is 0 Å². The number of benzene rings is 3. The van der Waals surface area contributed by atoms with Gasteiger partial charge in [0.2, 0.25) is 6.79 Å². The minimum absolute atomic E-state index is 0.109. The van der Waals surface area contributed by atoms with Crippen LogP contribution in [0.25, 0.3) is 21.9 Å². The lowest BCUT2D eigenvalue weighted by Crippen LogP contribution is -2.46. The normalized spacial score (nSPS) is 15.9. The molecule has 3 aromatic rings. The number of ether oxygens (including phenoxy) is 2. The predicted molar refractivity (Wildman–Crippen MR) is 104 cm³/mol. The third-order valence-corrected chi connectivity index (χ3v) is 5.20. The Morgan fingerprint density at radius 1 is 0.815 bits per heavy atom. The Hall–Kier alpha value is -3.05. The molecule has 2 aliphatic heterocycles. The number of hydrogen-bond acceptors (Lipinski definition) is 4. The quantitative estimate of drug-likeness (QED) is 0.762. The van der Waals surface area contributed by atoms with Crippen molar-refractivity contribution < 1.29 is 14.3 Å². The Balaban J connectivity index is 1.45. The van der Waals surface area contributed by atoms with Crippen molar-refractivity contribution in [2.45, 2.75) is 0 Å². The van der Waals surface area contributed by atoms with Crippen molar-refractivity contribution in [3.8, 4) is 22.6 Å². The van der Waals surface area contributed by atoms with Crippen LogP contribution in [-0.4, -0.2) is 43.8 Å². The standard InChI is InChI=1S/C22H20N2O3/c25-22(24-9-7-23-8-10-24)19-4-3-15-11-16(1-2-17(15)12-19)18-5-6-20-21(13-18)27-14-26-20/h1-6,11-13,23H,7-10,14H2. The molecule has 5 heteroatoms. The van der Waals surface area contributed by atoms with E-state index in [-0.39, 0.29) is 12.7 Å². The first-order valence-electron chi connectivity index (χ1n) is 9.22. The molecule has 0 saturated carbocycles. The summed E-state index contributed by atoms with van der Waals surface area (Å²) in [6, 6.07) is 18.2. The van der Waals surface area contributed by atoms with Crippen LogP contribution in [-0.2, 0) is 0 Å². The van der Waals surface area contributed by atoms with E-state index in [1.54, 1.807) is 0 Å². The van der Waals surface area contributed by atoms with Gasteiger partial charge in [0, 0.05) is 31.7 Å². The van der Waals surface area contributed by atoms with E-state index in [0.717, 1.165) is 65.1 Å². The van der Waals surface area contributed by atoms with Crippen LogP contribution in [0.15, 0.2) is 54.6 Å². The fraction of sp³-hybridized carbons (Fsp3) is 0.227. The van der Waals surface area contributed by atoms with Crippen LogP contribution in [0.2, 0.25) is 0 Å². The van der Waals surface area contributed by atoms with E-state index in [4.69, 9.17) is 9.47 Å². The molecule has 0 aromatic heterocycles. The van der Waals surface area contributed by atoms with Crippen LogP contribution >= 0.6 is 0 Å². The van der Waals surface area contributed by atoms with Crippen LogP contribution in [0.3, 0.4) is 0 Å². The Kier molecular flexibility index (Phi) is 3.94. The van der Waals surface area contributed by atoms with Crippen molar-refractivity contribution in [2.75, 3.05) is 33.0 Å². The monoisotopic (exact) mass is 360 g/mol. The third kappa shape index (κ3) is 3.00. The molecule has 2 heterocycles. The van der Waals surface area contributed by atoms with Crippen LogP contribution in [0.1, 0.15) is 10.4 Å². The van der Waals surface area contributed by atoms with Gasteiger partial charge >= 0.3 is 0 Å². The number of piperazine rings is 1. The molecule has 3 aromatic carbocycles. The van der Waals surface area contributed by atoms with E-state index in [1.165, 1.54) is 0 Å². The Bertz CT molecular complexity index is 1030. The topological polar surface area (TPSA) is 50.8 Å². The number of carbonyl (C=O) groups is 1. The van der Waals surface area contributed by atoms with Gasteiger partial charge in [0.05, 0.1) is 0 Å². The van der Waals surface area contributed by atoms with Gasteiger partial charge in [-0.05, 0) is 52.2 Å². The van der Waals surface area contributed by atoms with Crippen LogP contribution < -0.4 is 14.8 Å². The summed E-state index contributed by atoms with van der Waals surface area (Å²) in [5.74, 6) is 1.68. The molecular formula is C22H20N2O3. The Morgan fingerprint density at radius 3 is 2.41 bits per heavy atom. The average Bonchev–Trinajstić information content (AvgIpc) is 3.21. The molecule has 27 heavy (non-hydrogen) atoms. The Morgan fingerprint density at radius 2 is 1.52 bits per heavy atom. The SMILES string of the molecule is O=C(c1ccc2cc(-c3ccc4c(c3)OCO4)ccc2c1)N1CCNCC1. The highest BCUT2D eigenvalue weighted by molar-refractivity contribution is 5.99. The zero-order chi connectivity index (χ0) is 18.2. The average molecular weight is 360 g/mol. The number of carbonyl (C=O) groups excluding carboxylic acids is 1. The van der Waals surface area contributed by atoms with E-state index < -0.39 is 0 Å². The number of nitrogens with zero attached hydrogens (tertiary/aromatic N) is 1. The van der Waals surface area contributed by atoms with Gasteiger partial charge < -0.3 is 19.7 Å². The van der Waals surface area contributed by atoms with Crippen LogP contribution in [0, 0.1) is 0 Å². The lowest BCUT2D eigenvalue weighted by Gasteiger charge is -2.27. The highest BCUT2D eigenvalue weighted by atomic mass is 16.7. The number of hydrogen-bond donors (Lipinski definition) is 1. The zero-order valence-corrected chi connectivity index (χ0v) is 14.9. The fourth-order valence-corrected chi connectivity index (χ4v) is 3.68. The maximum Gasteiger partial charge on any atom is 0.253 e. The lowest BCUT2D eigenvalue weighted by atomic mass is 9.99. The highest BCUT2D eigenvalue weighted by Crippen LogP contribution is 2.36. The summed E-state index contributed by atoms with van der Waals surface area (Å²) in [6.45, 7) is 3.52.